The van der Waals surface area contributed by atoms with Crippen LogP contribution >= 0.6 is 0 Å². The lowest BCUT2D eigenvalue weighted by Crippen LogP contribution is -2.45. The molecule has 0 aromatic rings. The average molecular weight is 207 g/mol. The Kier molecular flexibility index (Phi) is 4.64. The summed E-state index contributed by atoms with van der Waals surface area (Å²) < 4.78 is 0. The van der Waals surface area contributed by atoms with Gasteiger partial charge in [-0.3, -0.25) is 0 Å². The van der Waals surface area contributed by atoms with Crippen LogP contribution in [0.2, 0.25) is 0 Å². The highest BCUT2D eigenvalue weighted by Crippen LogP contribution is 2.11. The summed E-state index contributed by atoms with van der Waals surface area (Å²) in [5, 5.41) is 9.08. The number of hydrogen-bond donors (Lipinski definition) is 0. The minimum Gasteiger partial charge on any atom is -0.361 e. The maximum atomic E-state index is 9.08. The standard InChI is InChI=1S/C12H21N3/c1-4-14-5-7-15(8-6-14)12(10-13)9-11(2)3/h9,11H,4-8H2,1-3H3. The van der Waals surface area contributed by atoms with Crippen LogP contribution in [0.5, 0.6) is 0 Å². The minimum atomic E-state index is 0.448. The van der Waals surface area contributed by atoms with E-state index in [0.29, 0.717) is 5.92 Å². The smallest absolute Gasteiger partial charge is 0.117 e. The molecule has 1 fully saturated rings. The van der Waals surface area contributed by atoms with Crippen LogP contribution in [0.4, 0.5) is 0 Å². The number of hydrogen-bond acceptors (Lipinski definition) is 3. The molecule has 1 saturated heterocycles. The van der Waals surface area contributed by atoms with Crippen molar-refractivity contribution in [2.75, 3.05) is 32.7 Å². The molecule has 0 saturated carbocycles. The number of allylic oxidation sites excluding steroid dienone is 2. The van der Waals surface area contributed by atoms with Crippen molar-refractivity contribution in [3.8, 4) is 6.07 Å². The first kappa shape index (κ1) is 12.1. The van der Waals surface area contributed by atoms with Crippen molar-refractivity contribution in [1.82, 2.24) is 9.80 Å². The number of nitriles is 1. The van der Waals surface area contributed by atoms with Gasteiger partial charge in [-0.25, -0.2) is 0 Å². The monoisotopic (exact) mass is 207 g/mol. The minimum absolute atomic E-state index is 0.448. The molecule has 0 unspecified atom stereocenters. The van der Waals surface area contributed by atoms with Gasteiger partial charge in [0.15, 0.2) is 0 Å². The molecule has 1 heterocycles. The Morgan fingerprint density at radius 3 is 2.33 bits per heavy atom. The molecule has 0 aromatic carbocycles. The van der Waals surface area contributed by atoms with E-state index in [1.54, 1.807) is 0 Å². The normalized spacial score (nSPS) is 19.4. The van der Waals surface area contributed by atoms with Crippen molar-refractivity contribution in [3.63, 3.8) is 0 Å². The van der Waals surface area contributed by atoms with Gasteiger partial charge in [-0.15, -0.1) is 0 Å². The molecule has 0 aliphatic carbocycles. The van der Waals surface area contributed by atoms with Crippen molar-refractivity contribution in [2.45, 2.75) is 20.8 Å². The largest absolute Gasteiger partial charge is 0.361 e. The summed E-state index contributed by atoms with van der Waals surface area (Å²) in [5.74, 6) is 0.448. The SMILES string of the molecule is CCN1CCN(C(C#N)=CC(C)C)CC1. The van der Waals surface area contributed by atoms with Gasteiger partial charge >= 0.3 is 0 Å². The van der Waals surface area contributed by atoms with Gasteiger partial charge in [-0.1, -0.05) is 20.8 Å². The molecule has 0 spiro atoms. The van der Waals surface area contributed by atoms with Gasteiger partial charge in [0.25, 0.3) is 0 Å². The predicted octanol–water partition coefficient (Wildman–Crippen LogP) is 1.69. The maximum absolute atomic E-state index is 9.08. The maximum Gasteiger partial charge on any atom is 0.117 e. The molecule has 3 nitrogen and oxygen atoms in total. The molecule has 0 radical (unpaired) electrons. The Bertz CT molecular complexity index is 255. The van der Waals surface area contributed by atoms with Gasteiger partial charge in [0, 0.05) is 26.2 Å². The zero-order valence-corrected chi connectivity index (χ0v) is 10.0. The fourth-order valence-corrected chi connectivity index (χ4v) is 1.83. The van der Waals surface area contributed by atoms with E-state index in [4.69, 9.17) is 5.26 Å². The highest BCUT2D eigenvalue weighted by atomic mass is 15.3. The third kappa shape index (κ3) is 3.56. The molecule has 1 aliphatic heterocycles. The zero-order valence-electron chi connectivity index (χ0n) is 10.0. The molecule has 1 aliphatic rings. The second-order valence-electron chi connectivity index (χ2n) is 4.33. The Hall–Kier alpha value is -1.01. The first-order valence-electron chi connectivity index (χ1n) is 5.76. The third-order valence-corrected chi connectivity index (χ3v) is 2.77. The van der Waals surface area contributed by atoms with Gasteiger partial charge in [-0.2, -0.15) is 5.26 Å². The van der Waals surface area contributed by atoms with E-state index in [1.807, 2.05) is 0 Å². The summed E-state index contributed by atoms with van der Waals surface area (Å²) in [6, 6.07) is 2.30. The van der Waals surface area contributed by atoms with E-state index in [9.17, 15) is 0 Å². The zero-order chi connectivity index (χ0) is 11.3. The van der Waals surface area contributed by atoms with Crippen molar-refractivity contribution in [1.29, 1.82) is 5.26 Å². The molecule has 0 bridgehead atoms. The van der Waals surface area contributed by atoms with Crippen LogP contribution in [0, 0.1) is 17.2 Å². The van der Waals surface area contributed by atoms with Crippen molar-refractivity contribution < 1.29 is 0 Å². The molecule has 15 heavy (non-hydrogen) atoms. The number of rotatable bonds is 3. The van der Waals surface area contributed by atoms with Gasteiger partial charge < -0.3 is 9.80 Å². The molecule has 1 rings (SSSR count). The van der Waals surface area contributed by atoms with Crippen LogP contribution in [0.3, 0.4) is 0 Å². The highest BCUT2D eigenvalue weighted by molar-refractivity contribution is 5.20. The summed E-state index contributed by atoms with van der Waals surface area (Å²) >= 11 is 0. The van der Waals surface area contributed by atoms with Crippen LogP contribution in [-0.4, -0.2) is 42.5 Å². The van der Waals surface area contributed by atoms with Crippen molar-refractivity contribution >= 4 is 0 Å². The molecular weight excluding hydrogens is 186 g/mol. The van der Waals surface area contributed by atoms with Gasteiger partial charge in [-0.05, 0) is 18.5 Å². The van der Waals surface area contributed by atoms with Crippen molar-refractivity contribution in [2.24, 2.45) is 5.92 Å². The van der Waals surface area contributed by atoms with E-state index >= 15 is 0 Å². The summed E-state index contributed by atoms with van der Waals surface area (Å²) in [6.45, 7) is 11.6. The van der Waals surface area contributed by atoms with Gasteiger partial charge in [0.1, 0.15) is 11.8 Å². The van der Waals surface area contributed by atoms with Crippen molar-refractivity contribution in [3.05, 3.63) is 11.8 Å². The lowest BCUT2D eigenvalue weighted by atomic mass is 10.1. The van der Waals surface area contributed by atoms with E-state index in [1.165, 1.54) is 0 Å². The Balaban J connectivity index is 2.55. The molecule has 3 heteroatoms. The quantitative estimate of drug-likeness (QED) is 0.660. The molecular formula is C12H21N3. The topological polar surface area (TPSA) is 30.3 Å². The van der Waals surface area contributed by atoms with Gasteiger partial charge in [0.05, 0.1) is 0 Å². The van der Waals surface area contributed by atoms with E-state index in [-0.39, 0.29) is 0 Å². The third-order valence-electron chi connectivity index (χ3n) is 2.77. The van der Waals surface area contributed by atoms with Gasteiger partial charge in [0.2, 0.25) is 0 Å². The Morgan fingerprint density at radius 1 is 1.33 bits per heavy atom. The lowest BCUT2D eigenvalue weighted by Gasteiger charge is -2.35. The molecule has 0 amide bonds. The lowest BCUT2D eigenvalue weighted by molar-refractivity contribution is 0.168. The second kappa shape index (κ2) is 5.77. The molecule has 84 valence electrons. The first-order valence-corrected chi connectivity index (χ1v) is 5.76. The van der Waals surface area contributed by atoms with Crippen LogP contribution in [-0.2, 0) is 0 Å². The fourth-order valence-electron chi connectivity index (χ4n) is 1.83. The summed E-state index contributed by atoms with van der Waals surface area (Å²) in [6.07, 6.45) is 2.06. The van der Waals surface area contributed by atoms with E-state index < -0.39 is 0 Å². The summed E-state index contributed by atoms with van der Waals surface area (Å²) in [7, 11) is 0. The van der Waals surface area contributed by atoms with E-state index in [0.717, 1.165) is 38.4 Å². The average Bonchev–Trinajstić information content (AvgIpc) is 2.26. The predicted molar refractivity (Wildman–Crippen MR) is 62.2 cm³/mol. The van der Waals surface area contributed by atoms with Crippen LogP contribution in [0.25, 0.3) is 0 Å². The van der Waals surface area contributed by atoms with Crippen LogP contribution in [0.1, 0.15) is 20.8 Å². The number of likely N-dealkylation sites (N-methyl/N-ethyl adjacent to an activating group) is 1. The number of nitrogens with zero attached hydrogens (tertiary/aromatic N) is 3. The fraction of sp³-hybridized carbons (Fsp3) is 0.750. The summed E-state index contributed by atoms with van der Waals surface area (Å²) in [4.78, 5) is 4.62. The molecule has 0 atom stereocenters. The van der Waals surface area contributed by atoms with Crippen LogP contribution < -0.4 is 0 Å². The molecule has 0 N–H and O–H groups in total. The molecule has 0 aromatic heterocycles. The second-order valence-corrected chi connectivity index (χ2v) is 4.33. The number of piperazine rings is 1. The summed E-state index contributed by atoms with van der Waals surface area (Å²) in [5.41, 5.74) is 0.848. The highest BCUT2D eigenvalue weighted by Gasteiger charge is 2.17. The van der Waals surface area contributed by atoms with E-state index in [2.05, 4.69) is 42.7 Å². The Labute approximate surface area is 93.0 Å². The first-order chi connectivity index (χ1) is 7.17. The Morgan fingerprint density at radius 2 is 1.93 bits per heavy atom. The van der Waals surface area contributed by atoms with Crippen LogP contribution in [0.15, 0.2) is 11.8 Å².